The molecule has 4 aromatic carbocycles. The van der Waals surface area contributed by atoms with Crippen molar-refractivity contribution >= 4 is 87.6 Å². The molecule has 0 amide bonds. The van der Waals surface area contributed by atoms with Gasteiger partial charge in [0.1, 0.15) is 22.3 Å². The van der Waals surface area contributed by atoms with E-state index < -0.39 is 43.7 Å². The van der Waals surface area contributed by atoms with Crippen molar-refractivity contribution in [1.29, 1.82) is 0 Å². The molecule has 0 radical (unpaired) electrons. The Morgan fingerprint density at radius 3 is 0.983 bits per heavy atom. The summed E-state index contributed by atoms with van der Waals surface area (Å²) >= 11 is 14.2. The van der Waals surface area contributed by atoms with Crippen molar-refractivity contribution in [2.75, 3.05) is 0 Å². The average Bonchev–Trinajstić information content (AvgIpc) is 3.17. The number of nitrogens with zero attached hydrogens (tertiary/aromatic N) is 3. The monoisotopic (exact) mass is 873 g/mol. The van der Waals surface area contributed by atoms with Gasteiger partial charge in [0.05, 0.1) is 43.8 Å². The van der Waals surface area contributed by atoms with E-state index in [-0.39, 0.29) is 80.4 Å². The minimum absolute atomic E-state index is 0.0824. The lowest BCUT2D eigenvalue weighted by Crippen LogP contribution is -2.21. The fraction of sp³-hybridized carbons (Fsp3) is 0.0526. The second-order valence-electron chi connectivity index (χ2n) is 13.2. The van der Waals surface area contributed by atoms with Gasteiger partial charge in [0, 0.05) is 12.8 Å². The molecule has 0 bridgehead atoms. The minimum atomic E-state index is -4.55. The van der Waals surface area contributed by atoms with E-state index in [4.69, 9.17) is 62.8 Å². The molecule has 11 rings (SSSR count). The van der Waals surface area contributed by atoms with Gasteiger partial charge in [0.15, 0.2) is 23.0 Å². The first-order chi connectivity index (χ1) is 28.0. The summed E-state index contributed by atoms with van der Waals surface area (Å²) in [4.78, 5) is 55.4. The second-order valence-corrected chi connectivity index (χ2v) is 22.3. The molecule has 0 fully saturated rings. The van der Waals surface area contributed by atoms with E-state index in [1.165, 1.54) is 0 Å². The molecule has 0 saturated heterocycles. The van der Waals surface area contributed by atoms with Crippen molar-refractivity contribution in [3.05, 3.63) is 161 Å². The third-order valence-corrected chi connectivity index (χ3v) is 19.1. The molecule has 8 aromatic rings. The van der Waals surface area contributed by atoms with Gasteiger partial charge in [-0.25, -0.2) is 19.2 Å². The van der Waals surface area contributed by atoms with Gasteiger partial charge in [-0.2, -0.15) is 0 Å². The largest absolute Gasteiger partial charge is 0.457 e. The van der Waals surface area contributed by atoms with Crippen LogP contribution in [0.2, 0.25) is 0 Å². The quantitative estimate of drug-likeness (QED) is 0.103. The normalized spacial score (nSPS) is 16.9. The lowest BCUT2D eigenvalue weighted by Gasteiger charge is -2.33. The Balaban J connectivity index is 1.30. The van der Waals surface area contributed by atoms with Crippen LogP contribution in [0.4, 0.5) is 0 Å². The van der Waals surface area contributed by atoms with Crippen molar-refractivity contribution in [1.82, 2.24) is 0 Å². The fourth-order valence-corrected chi connectivity index (χ4v) is 18.0. The summed E-state index contributed by atoms with van der Waals surface area (Å²) < 4.78 is 64.4. The van der Waals surface area contributed by atoms with Gasteiger partial charge in [0.25, 0.3) is 5.91 Å². The predicted octanol–water partition coefficient (Wildman–Crippen LogP) is 10.9. The van der Waals surface area contributed by atoms with Crippen molar-refractivity contribution in [2.24, 2.45) is 13.5 Å². The van der Waals surface area contributed by atoms with Crippen molar-refractivity contribution in [2.45, 2.75) is 12.8 Å². The lowest BCUT2D eigenvalue weighted by atomic mass is 10.0. The average molecular weight is 874 g/mol. The molecule has 4 aromatic heterocycles. The first-order valence-corrected chi connectivity index (χ1v) is 23.8. The topological polar surface area (TPSA) is 195 Å². The van der Waals surface area contributed by atoms with E-state index in [9.17, 15) is 19.2 Å². The summed E-state index contributed by atoms with van der Waals surface area (Å²) in [5.41, 5.74) is -3.08. The van der Waals surface area contributed by atoms with Crippen LogP contribution >= 0.6 is 43.7 Å². The molecule has 0 atom stereocenters. The van der Waals surface area contributed by atoms with Crippen LogP contribution in [0.1, 0.15) is 22.3 Å². The number of halogens is 2. The summed E-state index contributed by atoms with van der Waals surface area (Å²) in [6.45, 7) is 0. The molecule has 2 spiro atoms. The zero-order valence-corrected chi connectivity index (χ0v) is 33.2. The third-order valence-electron chi connectivity index (χ3n) is 9.63. The molecular weight excluding hydrogens is 854 g/mol. The number of para-hydroxylation sites is 4. The van der Waals surface area contributed by atoms with Crippen molar-refractivity contribution < 1.29 is 35.8 Å². The summed E-state index contributed by atoms with van der Waals surface area (Å²) in [5, 5.41) is 1.18. The first-order valence-electron chi connectivity index (χ1n) is 17.3. The molecule has 0 saturated carbocycles. The fourth-order valence-electron chi connectivity index (χ4n) is 7.15. The van der Waals surface area contributed by atoms with Gasteiger partial charge < -0.3 is 35.8 Å². The van der Waals surface area contributed by atoms with Gasteiger partial charge >= 0.3 is 37.8 Å². The maximum absolute atomic E-state index is 13.8. The van der Waals surface area contributed by atoms with Crippen LogP contribution in [-0.2, 0) is 12.8 Å². The highest BCUT2D eigenvalue weighted by Gasteiger charge is 2.48. The number of fused-ring (bicyclic) bond motifs is 12. The van der Waals surface area contributed by atoms with E-state index in [2.05, 4.69) is 9.03 Å². The molecule has 3 aliphatic heterocycles. The molecule has 0 aliphatic carbocycles. The van der Waals surface area contributed by atoms with Crippen LogP contribution in [0.3, 0.4) is 0 Å². The number of rotatable bonds is 0. The Kier molecular flexibility index (Phi) is 7.68. The Morgan fingerprint density at radius 1 is 0.397 bits per heavy atom. The smallest absolute Gasteiger partial charge is 0.422 e. The zero-order valence-electron chi connectivity index (χ0n) is 29.0. The number of benzene rings is 4. The van der Waals surface area contributed by atoms with Gasteiger partial charge in [0.2, 0.25) is 0 Å². The predicted molar refractivity (Wildman–Crippen MR) is 218 cm³/mol. The van der Waals surface area contributed by atoms with Gasteiger partial charge in [-0.1, -0.05) is 53.0 Å². The van der Waals surface area contributed by atoms with Crippen LogP contribution in [0, 0.1) is 0 Å². The highest BCUT2D eigenvalue weighted by Crippen LogP contribution is 2.83. The van der Waals surface area contributed by atoms with Crippen LogP contribution < -0.4 is 40.6 Å². The van der Waals surface area contributed by atoms with E-state index in [1.54, 1.807) is 97.1 Å². The van der Waals surface area contributed by atoms with Crippen LogP contribution in [0.15, 0.2) is 147 Å². The van der Waals surface area contributed by atoms with Gasteiger partial charge in [-0.05, 0) is 71.0 Å². The Hall–Kier alpha value is -5.81. The Labute approximate surface area is 332 Å². The molecule has 15 nitrogen and oxygen atoms in total. The third kappa shape index (κ3) is 5.53. The highest BCUT2D eigenvalue weighted by atomic mass is 35.9. The molecule has 0 unspecified atom stereocenters. The van der Waals surface area contributed by atoms with Gasteiger partial charge in [-0.3, -0.25) is 0 Å². The van der Waals surface area contributed by atoms with Crippen molar-refractivity contribution in [3.8, 4) is 23.0 Å². The van der Waals surface area contributed by atoms with E-state index in [0.717, 1.165) is 0 Å². The van der Waals surface area contributed by atoms with Crippen LogP contribution in [0.5, 0.6) is 23.0 Å². The highest BCUT2D eigenvalue weighted by molar-refractivity contribution is 8.13. The maximum atomic E-state index is 13.8. The molecule has 7 heterocycles. The second kappa shape index (κ2) is 12.6. The summed E-state index contributed by atoms with van der Waals surface area (Å²) in [5.74, 6) is -4.49. The Morgan fingerprint density at radius 2 is 0.672 bits per heavy atom. The Bertz CT molecular complexity index is 3190. The zero-order chi connectivity index (χ0) is 39.6. The first kappa shape index (κ1) is 35.4. The van der Waals surface area contributed by atoms with Crippen molar-refractivity contribution in [3.63, 3.8) is 0 Å². The molecule has 20 heteroatoms. The summed E-state index contributed by atoms with van der Waals surface area (Å²) in [6.07, 6.45) is -0.677. The molecule has 3 aliphatic rings. The molecule has 288 valence electrons. The summed E-state index contributed by atoms with van der Waals surface area (Å²) in [7, 11) is -9.10. The van der Waals surface area contributed by atoms with E-state index in [1.807, 2.05) is 0 Å². The van der Waals surface area contributed by atoms with Gasteiger partial charge in [-0.15, -0.1) is 9.03 Å². The summed E-state index contributed by atoms with van der Waals surface area (Å²) in [6, 6.07) is 26.2. The van der Waals surface area contributed by atoms with Crippen LogP contribution in [-0.4, -0.2) is 0 Å². The minimum Gasteiger partial charge on any atom is -0.422 e. The lowest BCUT2D eigenvalue weighted by molar-refractivity contribution is 0.438. The van der Waals surface area contributed by atoms with E-state index in [0.29, 0.717) is 21.5 Å². The molecule has 58 heavy (non-hydrogen) atoms. The van der Waals surface area contributed by atoms with Crippen LogP contribution in [0.25, 0.3) is 43.9 Å². The molecular formula is C38H20Cl2N3O12P3. The van der Waals surface area contributed by atoms with E-state index >= 15 is 0 Å². The SMILES string of the molecule is O=c1oc2ccccc2c2c1Cc1c(c3ccccc3oc1=O)OP1(=NP(Cl)(Cl)=NP3(=N1)Oc1c(c(=O)oc4ccccc14)Cc1c(c4ccccc4oc1=O)O3)O2. The molecule has 0 N–H and O–H groups in total. The number of hydrogen-bond donors (Lipinski definition) is 0. The maximum Gasteiger partial charge on any atom is 0.457 e. The number of hydrogen-bond acceptors (Lipinski definition) is 15. The standard InChI is InChI=1S/C38H20Cl2N3O12P3/c39-56(40)41-57(52-31-19-9-1-5-13-27(19)48-35(44)23(31)17-24-32(53-57)20-10-2-6-14-28(20)49-36(24)45)43-58(42-56)54-33-21-11-3-7-15-29(21)50-37(46)25(33)18-26-34(55-58)22-12-4-8-16-30(22)51-38(26)47/h1-16H,17-18H2.